The summed E-state index contributed by atoms with van der Waals surface area (Å²) in [6, 6.07) is 5.40. The molecule has 0 atom stereocenters. The number of carbonyl (C=O) groups is 1. The first-order chi connectivity index (χ1) is 7.99. The van der Waals surface area contributed by atoms with E-state index in [1.807, 2.05) is 22.9 Å². The zero-order valence-electron chi connectivity index (χ0n) is 9.58. The van der Waals surface area contributed by atoms with Gasteiger partial charge in [0.1, 0.15) is 6.54 Å². The number of rotatable bonds is 2. The standard InChI is InChI=1S/C12H12Cl2N2O/c1-15(2)12(17)7-16-4-3-9-10(14)5-8(13)6-11(9)16/h3-6H,7H2,1-2H3. The van der Waals surface area contributed by atoms with Gasteiger partial charge < -0.3 is 9.47 Å². The molecular formula is C12H12Cl2N2O. The Bertz CT molecular complexity index is 575. The molecule has 1 aromatic carbocycles. The number of likely N-dealkylation sites (N-methyl/N-ethyl adjacent to an activating group) is 1. The van der Waals surface area contributed by atoms with Crippen molar-refractivity contribution < 1.29 is 4.79 Å². The SMILES string of the molecule is CN(C)C(=O)Cn1ccc2c(Cl)cc(Cl)cc21. The second kappa shape index (κ2) is 4.59. The highest BCUT2D eigenvalue weighted by atomic mass is 35.5. The molecule has 0 unspecified atom stereocenters. The molecule has 0 saturated heterocycles. The number of hydrogen-bond donors (Lipinski definition) is 0. The molecule has 0 aliphatic carbocycles. The Morgan fingerprint density at radius 2 is 2.06 bits per heavy atom. The Morgan fingerprint density at radius 3 is 2.71 bits per heavy atom. The van der Waals surface area contributed by atoms with E-state index in [1.54, 1.807) is 25.1 Å². The van der Waals surface area contributed by atoms with E-state index < -0.39 is 0 Å². The van der Waals surface area contributed by atoms with Crippen LogP contribution in [0.5, 0.6) is 0 Å². The van der Waals surface area contributed by atoms with E-state index in [9.17, 15) is 4.79 Å². The molecule has 1 amide bonds. The molecule has 0 aliphatic rings. The maximum Gasteiger partial charge on any atom is 0.241 e. The lowest BCUT2D eigenvalue weighted by Gasteiger charge is -2.11. The number of hydrogen-bond acceptors (Lipinski definition) is 1. The van der Waals surface area contributed by atoms with Gasteiger partial charge >= 0.3 is 0 Å². The first-order valence-corrected chi connectivity index (χ1v) is 5.88. The summed E-state index contributed by atoms with van der Waals surface area (Å²) >= 11 is 12.0. The monoisotopic (exact) mass is 270 g/mol. The molecule has 3 nitrogen and oxygen atoms in total. The van der Waals surface area contributed by atoms with Gasteiger partial charge in [-0.3, -0.25) is 4.79 Å². The molecule has 17 heavy (non-hydrogen) atoms. The molecule has 0 radical (unpaired) electrons. The molecule has 1 heterocycles. The van der Waals surface area contributed by atoms with E-state index in [0.717, 1.165) is 10.9 Å². The largest absolute Gasteiger partial charge is 0.347 e. The summed E-state index contributed by atoms with van der Waals surface area (Å²) in [7, 11) is 3.46. The average molecular weight is 271 g/mol. The van der Waals surface area contributed by atoms with Gasteiger partial charge in [0, 0.05) is 30.7 Å². The molecule has 5 heteroatoms. The molecule has 90 valence electrons. The van der Waals surface area contributed by atoms with Crippen LogP contribution in [0.1, 0.15) is 0 Å². The number of nitrogens with zero attached hydrogens (tertiary/aromatic N) is 2. The van der Waals surface area contributed by atoms with E-state index in [2.05, 4.69) is 0 Å². The molecule has 0 N–H and O–H groups in total. The van der Waals surface area contributed by atoms with Crippen molar-refractivity contribution in [1.29, 1.82) is 0 Å². The van der Waals surface area contributed by atoms with Crippen molar-refractivity contribution >= 4 is 40.0 Å². The summed E-state index contributed by atoms with van der Waals surface area (Å²) in [6.07, 6.45) is 1.84. The highest BCUT2D eigenvalue weighted by molar-refractivity contribution is 6.38. The lowest BCUT2D eigenvalue weighted by atomic mass is 10.2. The quantitative estimate of drug-likeness (QED) is 0.824. The predicted octanol–water partition coefficient (Wildman–Crippen LogP) is 3.04. The van der Waals surface area contributed by atoms with Crippen molar-refractivity contribution in [2.24, 2.45) is 0 Å². The third kappa shape index (κ3) is 2.40. The first-order valence-electron chi connectivity index (χ1n) is 5.13. The van der Waals surface area contributed by atoms with Crippen LogP contribution in [0.15, 0.2) is 24.4 Å². The topological polar surface area (TPSA) is 25.2 Å². The minimum absolute atomic E-state index is 0.0265. The van der Waals surface area contributed by atoms with Crippen molar-refractivity contribution in [3.8, 4) is 0 Å². The number of halogens is 2. The van der Waals surface area contributed by atoms with Crippen LogP contribution >= 0.6 is 23.2 Å². The van der Waals surface area contributed by atoms with Gasteiger partial charge in [-0.1, -0.05) is 23.2 Å². The minimum Gasteiger partial charge on any atom is -0.347 e. The summed E-state index contributed by atoms with van der Waals surface area (Å²) in [5.74, 6) is 0.0265. The van der Waals surface area contributed by atoms with Gasteiger partial charge in [-0.05, 0) is 18.2 Å². The van der Waals surface area contributed by atoms with Crippen molar-refractivity contribution in [2.45, 2.75) is 6.54 Å². The van der Waals surface area contributed by atoms with Crippen molar-refractivity contribution in [3.63, 3.8) is 0 Å². The fraction of sp³-hybridized carbons (Fsp3) is 0.250. The van der Waals surface area contributed by atoms with E-state index in [1.165, 1.54) is 0 Å². The highest BCUT2D eigenvalue weighted by Gasteiger charge is 2.10. The van der Waals surface area contributed by atoms with Gasteiger partial charge in [0.15, 0.2) is 0 Å². The van der Waals surface area contributed by atoms with Crippen LogP contribution in [0.3, 0.4) is 0 Å². The van der Waals surface area contributed by atoms with Crippen molar-refractivity contribution in [3.05, 3.63) is 34.4 Å². The van der Waals surface area contributed by atoms with Crippen LogP contribution in [0.4, 0.5) is 0 Å². The lowest BCUT2D eigenvalue weighted by molar-refractivity contribution is -0.129. The van der Waals surface area contributed by atoms with Gasteiger partial charge in [-0.25, -0.2) is 0 Å². The molecule has 0 spiro atoms. The Labute approximate surface area is 110 Å². The van der Waals surface area contributed by atoms with Crippen LogP contribution in [-0.2, 0) is 11.3 Å². The molecule has 0 saturated carbocycles. The van der Waals surface area contributed by atoms with E-state index in [4.69, 9.17) is 23.2 Å². The number of amides is 1. The molecule has 1 aromatic heterocycles. The second-order valence-corrected chi connectivity index (χ2v) is 4.90. The van der Waals surface area contributed by atoms with Crippen LogP contribution in [0, 0.1) is 0 Å². The van der Waals surface area contributed by atoms with Crippen LogP contribution in [0.25, 0.3) is 10.9 Å². The normalized spacial score (nSPS) is 10.8. The second-order valence-electron chi connectivity index (χ2n) is 4.05. The summed E-state index contributed by atoms with van der Waals surface area (Å²) in [5, 5.41) is 2.07. The summed E-state index contributed by atoms with van der Waals surface area (Å²) in [6.45, 7) is 0.285. The van der Waals surface area contributed by atoms with Crippen LogP contribution in [0.2, 0.25) is 10.0 Å². The van der Waals surface area contributed by atoms with E-state index in [-0.39, 0.29) is 12.5 Å². The van der Waals surface area contributed by atoms with E-state index in [0.29, 0.717) is 10.0 Å². The maximum atomic E-state index is 11.7. The Kier molecular flexibility index (Phi) is 3.31. The molecule has 0 fully saturated rings. The molecule has 2 aromatic rings. The minimum atomic E-state index is 0.0265. The zero-order chi connectivity index (χ0) is 12.6. The Balaban J connectivity index is 2.46. The third-order valence-electron chi connectivity index (χ3n) is 2.61. The smallest absolute Gasteiger partial charge is 0.241 e. The summed E-state index contributed by atoms with van der Waals surface area (Å²) in [4.78, 5) is 13.2. The molecule has 2 rings (SSSR count). The van der Waals surface area contributed by atoms with Crippen LogP contribution < -0.4 is 0 Å². The third-order valence-corrected chi connectivity index (χ3v) is 3.14. The zero-order valence-corrected chi connectivity index (χ0v) is 11.1. The lowest BCUT2D eigenvalue weighted by Crippen LogP contribution is -2.25. The van der Waals surface area contributed by atoms with E-state index >= 15 is 0 Å². The average Bonchev–Trinajstić information content (AvgIpc) is 2.61. The summed E-state index contributed by atoms with van der Waals surface area (Å²) in [5.41, 5.74) is 0.873. The first kappa shape index (κ1) is 12.3. The van der Waals surface area contributed by atoms with Gasteiger partial charge in [-0.2, -0.15) is 0 Å². The fourth-order valence-corrected chi connectivity index (χ4v) is 2.19. The number of benzene rings is 1. The number of carbonyl (C=O) groups excluding carboxylic acids is 1. The number of aromatic nitrogens is 1. The highest BCUT2D eigenvalue weighted by Crippen LogP contribution is 2.28. The van der Waals surface area contributed by atoms with Crippen LogP contribution in [-0.4, -0.2) is 29.5 Å². The molecule has 0 aliphatic heterocycles. The molecular weight excluding hydrogens is 259 g/mol. The van der Waals surface area contributed by atoms with Gasteiger partial charge in [0.05, 0.1) is 10.5 Å². The van der Waals surface area contributed by atoms with Gasteiger partial charge in [0.2, 0.25) is 5.91 Å². The Morgan fingerprint density at radius 1 is 1.35 bits per heavy atom. The Hall–Kier alpha value is -1.19. The predicted molar refractivity (Wildman–Crippen MR) is 70.7 cm³/mol. The van der Waals surface area contributed by atoms with Gasteiger partial charge in [-0.15, -0.1) is 0 Å². The van der Waals surface area contributed by atoms with Crippen molar-refractivity contribution in [2.75, 3.05) is 14.1 Å². The van der Waals surface area contributed by atoms with Gasteiger partial charge in [0.25, 0.3) is 0 Å². The maximum absolute atomic E-state index is 11.7. The summed E-state index contributed by atoms with van der Waals surface area (Å²) < 4.78 is 1.84. The fourth-order valence-electron chi connectivity index (χ4n) is 1.64. The number of fused-ring (bicyclic) bond motifs is 1. The molecule has 0 bridgehead atoms. The van der Waals surface area contributed by atoms with Crippen molar-refractivity contribution in [1.82, 2.24) is 9.47 Å².